The zero-order valence-electron chi connectivity index (χ0n) is 11.6. The van der Waals surface area contributed by atoms with Gasteiger partial charge >= 0.3 is 0 Å². The zero-order valence-corrected chi connectivity index (χ0v) is 11.6. The van der Waals surface area contributed by atoms with Crippen LogP contribution in [0.2, 0.25) is 0 Å². The number of rotatable bonds is 2. The molecule has 0 fully saturated rings. The molecule has 3 heteroatoms. The van der Waals surface area contributed by atoms with E-state index < -0.39 is 0 Å². The van der Waals surface area contributed by atoms with Crippen molar-refractivity contribution < 1.29 is 14.9 Å². The van der Waals surface area contributed by atoms with Crippen LogP contribution in [0.5, 0.6) is 23.0 Å². The second-order valence-electron chi connectivity index (χ2n) is 4.77. The molecule has 3 nitrogen and oxygen atoms in total. The summed E-state index contributed by atoms with van der Waals surface area (Å²) in [5, 5.41) is 19.3. The van der Waals surface area contributed by atoms with E-state index in [0.717, 1.165) is 28.0 Å². The van der Waals surface area contributed by atoms with Crippen molar-refractivity contribution >= 4 is 0 Å². The van der Waals surface area contributed by atoms with Crippen LogP contribution >= 0.6 is 0 Å². The molecule has 100 valence electrons. The molecule has 0 bridgehead atoms. The van der Waals surface area contributed by atoms with Crippen molar-refractivity contribution in [1.29, 1.82) is 0 Å². The fraction of sp³-hybridized carbons (Fsp3) is 0.250. The second kappa shape index (κ2) is 4.84. The normalized spacial score (nSPS) is 10.5. The molecule has 2 aromatic carbocycles. The summed E-state index contributed by atoms with van der Waals surface area (Å²) >= 11 is 0. The highest BCUT2D eigenvalue weighted by molar-refractivity contribution is 5.57. The zero-order chi connectivity index (χ0) is 14.2. The first-order valence-electron chi connectivity index (χ1n) is 6.18. The lowest BCUT2D eigenvalue weighted by atomic mass is 9.98. The highest BCUT2D eigenvalue weighted by Gasteiger charge is 2.15. The third-order valence-electron chi connectivity index (χ3n) is 3.57. The van der Waals surface area contributed by atoms with E-state index in [1.807, 2.05) is 27.7 Å². The molecule has 0 aliphatic carbocycles. The van der Waals surface area contributed by atoms with E-state index in [1.165, 1.54) is 0 Å². The largest absolute Gasteiger partial charge is 0.508 e. The molecular weight excluding hydrogens is 240 g/mol. The van der Waals surface area contributed by atoms with Gasteiger partial charge in [0.1, 0.15) is 23.0 Å². The van der Waals surface area contributed by atoms with Crippen molar-refractivity contribution in [1.82, 2.24) is 0 Å². The Labute approximate surface area is 113 Å². The number of hydrogen-bond acceptors (Lipinski definition) is 3. The standard InChI is InChI=1S/C16H18O3/c1-9-11(3)16(12(4)10(2)15(9)18)19-14-7-5-13(17)6-8-14/h5-8,17-18H,1-4H3. The van der Waals surface area contributed by atoms with Crippen molar-refractivity contribution in [2.24, 2.45) is 0 Å². The quantitative estimate of drug-likeness (QED) is 0.851. The van der Waals surface area contributed by atoms with Gasteiger partial charge in [0.05, 0.1) is 0 Å². The maximum absolute atomic E-state index is 10.0. The molecule has 2 rings (SSSR count). The summed E-state index contributed by atoms with van der Waals surface area (Å²) in [5.41, 5.74) is 3.51. The molecule has 2 N–H and O–H groups in total. The highest BCUT2D eigenvalue weighted by Crippen LogP contribution is 2.38. The predicted molar refractivity (Wildman–Crippen MR) is 75.2 cm³/mol. The smallest absolute Gasteiger partial charge is 0.134 e. The number of benzene rings is 2. The van der Waals surface area contributed by atoms with Crippen LogP contribution in [0, 0.1) is 27.7 Å². The Morgan fingerprint density at radius 2 is 1.21 bits per heavy atom. The van der Waals surface area contributed by atoms with E-state index in [2.05, 4.69) is 0 Å². The van der Waals surface area contributed by atoms with Crippen LogP contribution in [-0.4, -0.2) is 10.2 Å². The van der Waals surface area contributed by atoms with Crippen molar-refractivity contribution in [3.63, 3.8) is 0 Å². The van der Waals surface area contributed by atoms with E-state index in [9.17, 15) is 10.2 Å². The van der Waals surface area contributed by atoms with Gasteiger partial charge in [0.15, 0.2) is 0 Å². The lowest BCUT2D eigenvalue weighted by molar-refractivity contribution is 0.448. The van der Waals surface area contributed by atoms with Crippen molar-refractivity contribution in [3.8, 4) is 23.0 Å². The highest BCUT2D eigenvalue weighted by atomic mass is 16.5. The lowest BCUT2D eigenvalue weighted by Crippen LogP contribution is -1.97. The second-order valence-corrected chi connectivity index (χ2v) is 4.77. The van der Waals surface area contributed by atoms with E-state index in [-0.39, 0.29) is 5.75 Å². The molecule has 0 aliphatic rings. The van der Waals surface area contributed by atoms with Crippen LogP contribution in [0.25, 0.3) is 0 Å². The molecule has 0 spiro atoms. The van der Waals surface area contributed by atoms with E-state index in [0.29, 0.717) is 11.5 Å². The number of hydrogen-bond donors (Lipinski definition) is 2. The Hall–Kier alpha value is -2.16. The lowest BCUT2D eigenvalue weighted by Gasteiger charge is -2.17. The summed E-state index contributed by atoms with van der Waals surface area (Å²) in [6.07, 6.45) is 0. The Balaban J connectivity index is 2.48. The number of phenols is 2. The topological polar surface area (TPSA) is 49.7 Å². The van der Waals surface area contributed by atoms with Gasteiger partial charge in [0.2, 0.25) is 0 Å². The van der Waals surface area contributed by atoms with Crippen LogP contribution in [0.15, 0.2) is 24.3 Å². The van der Waals surface area contributed by atoms with Gasteiger partial charge in [-0.3, -0.25) is 0 Å². The van der Waals surface area contributed by atoms with Gasteiger partial charge in [0.25, 0.3) is 0 Å². The molecule has 0 saturated heterocycles. The molecule has 0 saturated carbocycles. The monoisotopic (exact) mass is 258 g/mol. The van der Waals surface area contributed by atoms with Gasteiger partial charge in [-0.25, -0.2) is 0 Å². The first kappa shape index (κ1) is 13.3. The molecule has 0 atom stereocenters. The van der Waals surface area contributed by atoms with Crippen molar-refractivity contribution in [3.05, 3.63) is 46.5 Å². The van der Waals surface area contributed by atoms with Gasteiger partial charge < -0.3 is 14.9 Å². The van der Waals surface area contributed by atoms with Crippen LogP contribution < -0.4 is 4.74 Å². The van der Waals surface area contributed by atoms with Crippen LogP contribution in [0.3, 0.4) is 0 Å². The third-order valence-corrected chi connectivity index (χ3v) is 3.57. The maximum atomic E-state index is 10.0. The molecule has 0 radical (unpaired) electrons. The average Bonchev–Trinajstić information content (AvgIpc) is 2.41. The van der Waals surface area contributed by atoms with Gasteiger partial charge in [-0.1, -0.05) is 0 Å². The Kier molecular flexibility index (Phi) is 3.38. The number of phenolic OH excluding ortho intramolecular Hbond substituents is 2. The molecular formula is C16H18O3. The Bertz CT molecular complexity index is 584. The van der Waals surface area contributed by atoms with Gasteiger partial charge in [0, 0.05) is 0 Å². The summed E-state index contributed by atoms with van der Waals surface area (Å²) in [5.74, 6) is 1.96. The molecule has 0 aliphatic heterocycles. The first-order chi connectivity index (χ1) is 8.91. The summed E-state index contributed by atoms with van der Waals surface area (Å²) in [6, 6.07) is 6.59. The summed E-state index contributed by atoms with van der Waals surface area (Å²) in [7, 11) is 0. The van der Waals surface area contributed by atoms with Gasteiger partial charge in [-0.15, -0.1) is 0 Å². The Morgan fingerprint density at radius 1 is 0.737 bits per heavy atom. The molecule has 0 unspecified atom stereocenters. The van der Waals surface area contributed by atoms with Crippen LogP contribution in [0.1, 0.15) is 22.3 Å². The predicted octanol–water partition coefficient (Wildman–Crippen LogP) is 4.12. The van der Waals surface area contributed by atoms with Crippen molar-refractivity contribution in [2.45, 2.75) is 27.7 Å². The van der Waals surface area contributed by atoms with Crippen molar-refractivity contribution in [2.75, 3.05) is 0 Å². The van der Waals surface area contributed by atoms with E-state index >= 15 is 0 Å². The minimum atomic E-state index is 0.207. The summed E-state index contributed by atoms with van der Waals surface area (Å²) < 4.78 is 5.89. The van der Waals surface area contributed by atoms with E-state index in [4.69, 9.17) is 4.74 Å². The third kappa shape index (κ3) is 2.36. The summed E-state index contributed by atoms with van der Waals surface area (Å²) in [4.78, 5) is 0. The van der Waals surface area contributed by atoms with Gasteiger partial charge in [-0.2, -0.15) is 0 Å². The van der Waals surface area contributed by atoms with Crippen LogP contribution in [0.4, 0.5) is 0 Å². The minimum Gasteiger partial charge on any atom is -0.508 e. The fourth-order valence-electron chi connectivity index (χ4n) is 2.04. The van der Waals surface area contributed by atoms with Gasteiger partial charge in [-0.05, 0) is 74.2 Å². The molecule has 19 heavy (non-hydrogen) atoms. The molecule has 2 aromatic rings. The van der Waals surface area contributed by atoms with Crippen LogP contribution in [-0.2, 0) is 0 Å². The first-order valence-corrected chi connectivity index (χ1v) is 6.18. The maximum Gasteiger partial charge on any atom is 0.134 e. The SMILES string of the molecule is Cc1c(C)c(Oc2ccc(O)cc2)c(C)c(C)c1O. The number of aromatic hydroxyl groups is 2. The fourth-order valence-corrected chi connectivity index (χ4v) is 2.04. The minimum absolute atomic E-state index is 0.207. The van der Waals surface area contributed by atoms with E-state index in [1.54, 1.807) is 24.3 Å². The molecule has 0 amide bonds. The molecule has 0 aromatic heterocycles. The average molecular weight is 258 g/mol. The number of ether oxygens (including phenoxy) is 1. The summed E-state index contributed by atoms with van der Waals surface area (Å²) in [6.45, 7) is 7.61. The molecule has 0 heterocycles. The Morgan fingerprint density at radius 3 is 1.68 bits per heavy atom.